The molecule has 5 nitrogen and oxygen atoms in total. The van der Waals surface area contributed by atoms with Crippen LogP contribution in [-0.4, -0.2) is 38.1 Å². The smallest absolute Gasteiger partial charge is 0.292 e. The number of likely N-dealkylation sites (tertiary alicyclic amines) is 1. The van der Waals surface area contributed by atoms with E-state index in [1.165, 1.54) is 16.9 Å². The van der Waals surface area contributed by atoms with Crippen molar-refractivity contribution >= 4 is 29.1 Å². The largest absolute Gasteiger partial charge is 0.495 e. The molecule has 1 atom stereocenters. The summed E-state index contributed by atoms with van der Waals surface area (Å²) in [4.78, 5) is 27.8. The third kappa shape index (κ3) is 3.08. The average molecular weight is 338 g/mol. The van der Waals surface area contributed by atoms with Gasteiger partial charge in [-0.25, -0.2) is 4.90 Å². The molecule has 2 aliphatic heterocycles. The average Bonchev–Trinajstić information content (AvgIpc) is 2.83. The van der Waals surface area contributed by atoms with E-state index in [1.54, 1.807) is 18.2 Å². The lowest BCUT2D eigenvalue weighted by atomic mass is 9.97. The molecule has 23 heavy (non-hydrogen) atoms. The number of rotatable bonds is 3. The first-order valence-electron chi connectivity index (χ1n) is 8.06. The molecule has 2 heterocycles. The van der Waals surface area contributed by atoms with Crippen LogP contribution in [0.25, 0.3) is 0 Å². The summed E-state index contributed by atoms with van der Waals surface area (Å²) in [6, 6.07) is 4.70. The fraction of sp³-hybridized carbons (Fsp3) is 0.529. The molecule has 0 radical (unpaired) electrons. The van der Waals surface area contributed by atoms with Crippen molar-refractivity contribution in [2.75, 3.05) is 25.1 Å². The number of carbonyl (C=O) groups excluding carboxylic acids is 2. The lowest BCUT2D eigenvalue weighted by molar-refractivity contribution is -0.920. The van der Waals surface area contributed by atoms with Crippen molar-refractivity contribution in [3.8, 4) is 5.75 Å². The highest BCUT2D eigenvalue weighted by atomic mass is 35.5. The number of piperidine rings is 1. The molecular formula is C17H22ClN2O3+. The van der Waals surface area contributed by atoms with Gasteiger partial charge in [-0.2, -0.15) is 0 Å². The molecule has 124 valence electrons. The van der Waals surface area contributed by atoms with Gasteiger partial charge in [-0.15, -0.1) is 0 Å². The monoisotopic (exact) mass is 337 g/mol. The third-order valence-corrected chi connectivity index (χ3v) is 5.17. The van der Waals surface area contributed by atoms with Crippen molar-refractivity contribution in [1.82, 2.24) is 0 Å². The summed E-state index contributed by atoms with van der Waals surface area (Å²) in [5, 5.41) is 0.476. The highest BCUT2D eigenvalue weighted by molar-refractivity contribution is 6.31. The molecule has 0 spiro atoms. The Morgan fingerprint density at radius 2 is 1.96 bits per heavy atom. The minimum absolute atomic E-state index is 0.139. The van der Waals surface area contributed by atoms with E-state index >= 15 is 0 Å². The molecule has 6 heteroatoms. The first-order chi connectivity index (χ1) is 11.0. The second-order valence-corrected chi connectivity index (χ2v) is 6.92. The predicted molar refractivity (Wildman–Crippen MR) is 88.0 cm³/mol. The molecule has 2 fully saturated rings. The van der Waals surface area contributed by atoms with E-state index in [-0.39, 0.29) is 24.3 Å². The zero-order chi connectivity index (χ0) is 16.6. The van der Waals surface area contributed by atoms with Gasteiger partial charge in [0.25, 0.3) is 5.91 Å². The number of benzene rings is 1. The predicted octanol–water partition coefficient (Wildman–Crippen LogP) is 1.30. The summed E-state index contributed by atoms with van der Waals surface area (Å²) in [5.74, 6) is 0.876. The quantitative estimate of drug-likeness (QED) is 0.846. The van der Waals surface area contributed by atoms with Crippen LogP contribution >= 0.6 is 11.6 Å². The highest BCUT2D eigenvalue weighted by Crippen LogP contribution is 2.34. The highest BCUT2D eigenvalue weighted by Gasteiger charge is 2.47. The van der Waals surface area contributed by atoms with Crippen LogP contribution in [0.2, 0.25) is 5.02 Å². The fourth-order valence-electron chi connectivity index (χ4n) is 3.52. The van der Waals surface area contributed by atoms with Crippen LogP contribution in [-0.2, 0) is 9.59 Å². The molecule has 2 saturated heterocycles. The SMILES string of the molecule is COc1ccc(Cl)cc1N1C(=O)C[C@H]([NH+]2CCC(C)CC2)C1=O. The minimum Gasteiger partial charge on any atom is -0.495 e. The van der Waals surface area contributed by atoms with Gasteiger partial charge < -0.3 is 9.64 Å². The lowest BCUT2D eigenvalue weighted by Crippen LogP contribution is -3.17. The first kappa shape index (κ1) is 16.3. The van der Waals surface area contributed by atoms with E-state index in [0.29, 0.717) is 22.4 Å². The maximum atomic E-state index is 12.9. The van der Waals surface area contributed by atoms with Crippen LogP contribution in [0.1, 0.15) is 26.2 Å². The van der Waals surface area contributed by atoms with E-state index in [2.05, 4.69) is 6.92 Å². The molecule has 2 amide bonds. The van der Waals surface area contributed by atoms with Gasteiger partial charge in [-0.1, -0.05) is 18.5 Å². The second-order valence-electron chi connectivity index (χ2n) is 6.48. The van der Waals surface area contributed by atoms with Crippen molar-refractivity contribution in [2.45, 2.75) is 32.2 Å². The molecule has 2 aliphatic rings. The summed E-state index contributed by atoms with van der Waals surface area (Å²) in [6.45, 7) is 4.14. The third-order valence-electron chi connectivity index (χ3n) is 4.94. The number of halogens is 1. The van der Waals surface area contributed by atoms with Gasteiger partial charge in [0.2, 0.25) is 5.91 Å². The van der Waals surface area contributed by atoms with Crippen LogP contribution in [0, 0.1) is 5.92 Å². The number of quaternary nitrogens is 1. The van der Waals surface area contributed by atoms with Gasteiger partial charge in [0.05, 0.1) is 32.3 Å². The Morgan fingerprint density at radius 1 is 1.26 bits per heavy atom. The maximum Gasteiger partial charge on any atom is 0.292 e. The normalized spacial score (nSPS) is 28.3. The van der Waals surface area contributed by atoms with Crippen molar-refractivity contribution in [3.05, 3.63) is 23.2 Å². The Balaban J connectivity index is 1.86. The van der Waals surface area contributed by atoms with Crippen LogP contribution < -0.4 is 14.5 Å². The Bertz CT molecular complexity index is 626. The van der Waals surface area contributed by atoms with Crippen molar-refractivity contribution in [1.29, 1.82) is 0 Å². The van der Waals surface area contributed by atoms with Gasteiger partial charge in [-0.3, -0.25) is 9.59 Å². The van der Waals surface area contributed by atoms with Crippen LogP contribution in [0.4, 0.5) is 5.69 Å². The van der Waals surface area contributed by atoms with Crippen molar-refractivity contribution < 1.29 is 19.2 Å². The van der Waals surface area contributed by atoms with Gasteiger partial charge in [0, 0.05) is 5.02 Å². The number of nitrogens with zero attached hydrogens (tertiary/aromatic N) is 1. The molecule has 1 N–H and O–H groups in total. The second kappa shape index (κ2) is 6.49. The molecular weight excluding hydrogens is 316 g/mol. The number of imide groups is 1. The van der Waals surface area contributed by atoms with E-state index in [1.807, 2.05) is 0 Å². The Kier molecular flexibility index (Phi) is 4.60. The first-order valence-corrected chi connectivity index (χ1v) is 8.44. The van der Waals surface area contributed by atoms with Gasteiger partial charge >= 0.3 is 0 Å². The Hall–Kier alpha value is -1.59. The molecule has 1 aromatic rings. The maximum absolute atomic E-state index is 12.9. The Labute approximate surface area is 141 Å². The zero-order valence-electron chi connectivity index (χ0n) is 13.5. The van der Waals surface area contributed by atoms with E-state index in [4.69, 9.17) is 16.3 Å². The van der Waals surface area contributed by atoms with Crippen molar-refractivity contribution in [2.24, 2.45) is 5.92 Å². The number of hydrogen-bond donors (Lipinski definition) is 1. The Morgan fingerprint density at radius 3 is 2.61 bits per heavy atom. The van der Waals surface area contributed by atoms with Crippen molar-refractivity contribution in [3.63, 3.8) is 0 Å². The summed E-state index contributed by atoms with van der Waals surface area (Å²) < 4.78 is 5.29. The standard InChI is InChI=1S/C17H21ClN2O3/c1-11-5-7-19(8-6-11)14-10-16(21)20(17(14)22)13-9-12(18)3-4-15(13)23-2/h3-4,9,11,14H,5-8,10H2,1-2H3/p+1/t14-/m0/s1. The molecule has 0 aliphatic carbocycles. The van der Waals surface area contributed by atoms with Crippen LogP contribution in [0.15, 0.2) is 18.2 Å². The summed E-state index contributed by atoms with van der Waals surface area (Å²) >= 11 is 6.04. The fourth-order valence-corrected chi connectivity index (χ4v) is 3.69. The topological polar surface area (TPSA) is 51.0 Å². The molecule has 0 bridgehead atoms. The van der Waals surface area contributed by atoms with Crippen LogP contribution in [0.3, 0.4) is 0 Å². The summed E-state index contributed by atoms with van der Waals surface area (Å²) in [6.07, 6.45) is 2.47. The molecule has 0 aromatic heterocycles. The molecule has 3 rings (SSSR count). The number of methoxy groups -OCH3 is 1. The number of hydrogen-bond acceptors (Lipinski definition) is 3. The van der Waals surface area contributed by atoms with E-state index in [9.17, 15) is 9.59 Å². The summed E-state index contributed by atoms with van der Waals surface area (Å²) in [5.41, 5.74) is 0.447. The van der Waals surface area contributed by atoms with Gasteiger partial charge in [-0.05, 0) is 37.0 Å². The number of carbonyl (C=O) groups is 2. The molecule has 1 aromatic carbocycles. The van der Waals surface area contributed by atoms with E-state index in [0.717, 1.165) is 25.9 Å². The van der Waals surface area contributed by atoms with Gasteiger partial charge in [0.1, 0.15) is 5.75 Å². The van der Waals surface area contributed by atoms with Crippen LogP contribution in [0.5, 0.6) is 5.75 Å². The zero-order valence-corrected chi connectivity index (χ0v) is 14.2. The molecule has 0 saturated carbocycles. The number of amides is 2. The lowest BCUT2D eigenvalue weighted by Gasteiger charge is -2.30. The van der Waals surface area contributed by atoms with Gasteiger partial charge in [0.15, 0.2) is 6.04 Å². The summed E-state index contributed by atoms with van der Waals surface area (Å²) in [7, 11) is 1.52. The molecule has 0 unspecified atom stereocenters. The van der Waals surface area contributed by atoms with E-state index < -0.39 is 0 Å². The number of nitrogens with one attached hydrogen (secondary N) is 1. The number of ether oxygens (including phenoxy) is 1. The minimum atomic E-state index is -0.279. The number of anilines is 1.